The lowest BCUT2D eigenvalue weighted by molar-refractivity contribution is -0.139. The maximum Gasteiger partial charge on any atom is 0.295 e. The quantitative estimate of drug-likeness (QED) is 0.206. The lowest BCUT2D eigenvalue weighted by Gasteiger charge is -2.26. The number of rotatable bonds is 9. The van der Waals surface area contributed by atoms with Crippen LogP contribution in [0.1, 0.15) is 23.6 Å². The third-order valence-corrected chi connectivity index (χ3v) is 6.27. The molecule has 2 aromatic carbocycles. The number of nitrogens with zero attached hydrogens (tertiary/aromatic N) is 3. The zero-order valence-corrected chi connectivity index (χ0v) is 20.2. The molecule has 1 fully saturated rings. The molecule has 2 aliphatic heterocycles. The van der Waals surface area contributed by atoms with Crippen LogP contribution < -0.4 is 14.2 Å². The van der Waals surface area contributed by atoms with E-state index in [-0.39, 0.29) is 11.3 Å². The second-order valence-electron chi connectivity index (χ2n) is 8.68. The van der Waals surface area contributed by atoms with E-state index in [0.29, 0.717) is 67.7 Å². The van der Waals surface area contributed by atoms with E-state index in [4.69, 9.17) is 14.2 Å². The second kappa shape index (κ2) is 10.6. The van der Waals surface area contributed by atoms with E-state index in [1.165, 1.54) is 4.90 Å². The van der Waals surface area contributed by atoms with Gasteiger partial charge in [-0.15, -0.1) is 0 Å². The molecule has 0 aliphatic carbocycles. The minimum atomic E-state index is -0.789. The molecule has 190 valence electrons. The molecule has 0 saturated carbocycles. The van der Waals surface area contributed by atoms with Gasteiger partial charge in [0, 0.05) is 31.0 Å². The zero-order chi connectivity index (χ0) is 25.8. The highest BCUT2D eigenvalue weighted by molar-refractivity contribution is 6.46. The van der Waals surface area contributed by atoms with Gasteiger partial charge in [-0.05, 0) is 42.3 Å². The van der Waals surface area contributed by atoms with Crippen molar-refractivity contribution in [1.29, 1.82) is 0 Å². The summed E-state index contributed by atoms with van der Waals surface area (Å²) in [6, 6.07) is 11.3. The Bertz CT molecular complexity index is 1350. The Morgan fingerprint density at radius 2 is 1.97 bits per heavy atom. The van der Waals surface area contributed by atoms with E-state index >= 15 is 0 Å². The van der Waals surface area contributed by atoms with Crippen molar-refractivity contribution < 1.29 is 28.9 Å². The van der Waals surface area contributed by atoms with Crippen LogP contribution in [-0.4, -0.2) is 57.6 Å². The predicted molar refractivity (Wildman–Crippen MR) is 135 cm³/mol. The van der Waals surface area contributed by atoms with Crippen molar-refractivity contribution >= 4 is 17.4 Å². The number of hydrogen-bond donors (Lipinski definition) is 1. The number of likely N-dealkylation sites (tertiary alicyclic amines) is 1. The van der Waals surface area contributed by atoms with Crippen molar-refractivity contribution in [2.75, 3.05) is 26.4 Å². The lowest BCUT2D eigenvalue weighted by Crippen LogP contribution is -2.31. The first kappa shape index (κ1) is 24.2. The average molecular weight is 502 g/mol. The monoisotopic (exact) mass is 501 g/mol. The number of imidazole rings is 1. The number of fused-ring (bicyclic) bond motifs is 1. The van der Waals surface area contributed by atoms with Crippen LogP contribution in [0.15, 0.2) is 79.4 Å². The van der Waals surface area contributed by atoms with Crippen LogP contribution in [0.3, 0.4) is 0 Å². The maximum atomic E-state index is 13.3. The van der Waals surface area contributed by atoms with Crippen LogP contribution in [-0.2, 0) is 16.1 Å². The number of ether oxygens (including phenoxy) is 3. The minimum absolute atomic E-state index is 0.0187. The van der Waals surface area contributed by atoms with E-state index in [9.17, 15) is 14.7 Å². The van der Waals surface area contributed by atoms with Crippen molar-refractivity contribution in [3.05, 3.63) is 90.5 Å². The molecule has 2 aliphatic rings. The molecule has 0 spiro atoms. The van der Waals surface area contributed by atoms with Crippen molar-refractivity contribution in [2.45, 2.75) is 19.0 Å². The SMILES string of the molecule is C=CCOc1cccc([C@@H]2/C(=C(\O)c3ccc4c(c3)OCCO4)C(=O)C(=O)N2CCCn2ccnc2)c1. The van der Waals surface area contributed by atoms with Gasteiger partial charge >= 0.3 is 0 Å². The smallest absolute Gasteiger partial charge is 0.295 e. The van der Waals surface area contributed by atoms with Gasteiger partial charge in [0.2, 0.25) is 0 Å². The molecule has 9 heteroatoms. The summed E-state index contributed by atoms with van der Waals surface area (Å²) in [6.07, 6.45) is 7.46. The number of carbonyl (C=O) groups is 2. The highest BCUT2D eigenvalue weighted by Gasteiger charge is 2.46. The summed E-state index contributed by atoms with van der Waals surface area (Å²) in [6.45, 7) is 5.74. The van der Waals surface area contributed by atoms with E-state index in [2.05, 4.69) is 11.6 Å². The Hall–Kier alpha value is -4.53. The van der Waals surface area contributed by atoms with Gasteiger partial charge in [-0.25, -0.2) is 4.98 Å². The number of benzene rings is 2. The Balaban J connectivity index is 1.54. The van der Waals surface area contributed by atoms with Gasteiger partial charge in [0.15, 0.2) is 11.5 Å². The molecule has 3 aromatic rings. The number of Topliss-reactive ketones (excluding diaryl/α,β-unsaturated/α-hetero) is 1. The van der Waals surface area contributed by atoms with Crippen LogP contribution in [0.2, 0.25) is 0 Å². The molecule has 5 rings (SSSR count). The lowest BCUT2D eigenvalue weighted by atomic mass is 9.95. The van der Waals surface area contributed by atoms with Crippen LogP contribution in [0.4, 0.5) is 0 Å². The highest BCUT2D eigenvalue weighted by atomic mass is 16.6. The van der Waals surface area contributed by atoms with Gasteiger partial charge in [0.25, 0.3) is 11.7 Å². The first-order valence-electron chi connectivity index (χ1n) is 12.0. The van der Waals surface area contributed by atoms with E-state index < -0.39 is 17.7 Å². The fourth-order valence-corrected chi connectivity index (χ4v) is 4.58. The van der Waals surface area contributed by atoms with Crippen molar-refractivity contribution in [3.63, 3.8) is 0 Å². The highest BCUT2D eigenvalue weighted by Crippen LogP contribution is 2.41. The summed E-state index contributed by atoms with van der Waals surface area (Å²) in [5.41, 5.74) is 1.04. The number of carbonyl (C=O) groups excluding carboxylic acids is 2. The topological polar surface area (TPSA) is 103 Å². The average Bonchev–Trinajstić information content (AvgIpc) is 3.54. The standard InChI is InChI=1S/C28H27N3O6/c1-2-13-35-21-6-3-5-19(16-21)25-24(26(32)20-7-8-22-23(17-20)37-15-14-36-22)27(33)28(34)31(25)11-4-10-30-12-9-29-18-30/h2-3,5-9,12,16-18,25,32H,1,4,10-11,13-15H2/b26-24+/t25-/m1/s1. The Morgan fingerprint density at radius 1 is 1.14 bits per heavy atom. The molecule has 1 atom stereocenters. The molecular weight excluding hydrogens is 474 g/mol. The number of aryl methyl sites for hydroxylation is 1. The van der Waals surface area contributed by atoms with E-state index in [0.717, 1.165) is 0 Å². The minimum Gasteiger partial charge on any atom is -0.507 e. The molecule has 0 bridgehead atoms. The van der Waals surface area contributed by atoms with Gasteiger partial charge in [0.1, 0.15) is 31.3 Å². The summed E-state index contributed by atoms with van der Waals surface area (Å²) in [5.74, 6) is -0.0623. The summed E-state index contributed by atoms with van der Waals surface area (Å²) < 4.78 is 18.8. The fourth-order valence-electron chi connectivity index (χ4n) is 4.58. The van der Waals surface area contributed by atoms with Gasteiger partial charge in [0.05, 0.1) is 17.9 Å². The first-order valence-corrected chi connectivity index (χ1v) is 12.0. The molecule has 0 radical (unpaired) electrons. The van der Waals surface area contributed by atoms with E-state index in [1.54, 1.807) is 55.0 Å². The molecule has 1 N–H and O–H groups in total. The number of hydrogen-bond acceptors (Lipinski definition) is 7. The molecule has 37 heavy (non-hydrogen) atoms. The number of amides is 1. The first-order chi connectivity index (χ1) is 18.1. The van der Waals surface area contributed by atoms with Gasteiger partial charge in [-0.1, -0.05) is 24.8 Å². The van der Waals surface area contributed by atoms with Crippen molar-refractivity contribution in [2.24, 2.45) is 0 Å². The summed E-state index contributed by atoms with van der Waals surface area (Å²) in [4.78, 5) is 32.1. The molecular formula is C28H27N3O6. The van der Waals surface area contributed by atoms with Crippen molar-refractivity contribution in [1.82, 2.24) is 14.5 Å². The molecule has 9 nitrogen and oxygen atoms in total. The van der Waals surface area contributed by atoms with Gasteiger partial charge in [-0.2, -0.15) is 0 Å². The summed E-state index contributed by atoms with van der Waals surface area (Å²) in [7, 11) is 0. The molecule has 1 aromatic heterocycles. The largest absolute Gasteiger partial charge is 0.507 e. The van der Waals surface area contributed by atoms with Crippen LogP contribution in [0.5, 0.6) is 17.2 Å². The van der Waals surface area contributed by atoms with Gasteiger partial charge in [-0.3, -0.25) is 9.59 Å². The van der Waals surface area contributed by atoms with Crippen LogP contribution >= 0.6 is 0 Å². The maximum absolute atomic E-state index is 13.3. The van der Waals surface area contributed by atoms with Gasteiger partial charge < -0.3 is 28.8 Å². The number of aliphatic hydroxyl groups excluding tert-OH is 1. The third-order valence-electron chi connectivity index (χ3n) is 6.27. The summed E-state index contributed by atoms with van der Waals surface area (Å²) >= 11 is 0. The Labute approximate surface area is 214 Å². The summed E-state index contributed by atoms with van der Waals surface area (Å²) in [5, 5.41) is 11.4. The van der Waals surface area contributed by atoms with Crippen LogP contribution in [0.25, 0.3) is 5.76 Å². The normalized spacial score (nSPS) is 18.2. The van der Waals surface area contributed by atoms with Crippen LogP contribution in [0, 0.1) is 0 Å². The fraction of sp³-hybridized carbons (Fsp3) is 0.250. The molecule has 1 saturated heterocycles. The number of ketones is 1. The third kappa shape index (κ3) is 4.93. The predicted octanol–water partition coefficient (Wildman–Crippen LogP) is 3.73. The number of aliphatic hydroxyl groups is 1. The molecule has 0 unspecified atom stereocenters. The number of aromatic nitrogens is 2. The molecule has 1 amide bonds. The second-order valence-corrected chi connectivity index (χ2v) is 8.68. The van der Waals surface area contributed by atoms with E-state index in [1.807, 2.05) is 16.8 Å². The zero-order valence-electron chi connectivity index (χ0n) is 20.2. The van der Waals surface area contributed by atoms with Crippen molar-refractivity contribution in [3.8, 4) is 17.2 Å². The molecule has 3 heterocycles. The Kier molecular flexibility index (Phi) is 6.93. The Morgan fingerprint density at radius 3 is 2.76 bits per heavy atom.